The van der Waals surface area contributed by atoms with Gasteiger partial charge in [0.05, 0.1) is 11.0 Å². The van der Waals surface area contributed by atoms with Crippen molar-refractivity contribution in [3.8, 4) is 0 Å². The number of nitrogens with zero attached hydrogens (tertiary/aromatic N) is 1. The first-order chi connectivity index (χ1) is 11.8. The zero-order valence-electron chi connectivity index (χ0n) is 14.7. The molecule has 24 heavy (non-hydrogen) atoms. The molecule has 1 aromatic heterocycles. The van der Waals surface area contributed by atoms with E-state index >= 15 is 0 Å². The van der Waals surface area contributed by atoms with Gasteiger partial charge in [-0.2, -0.15) is 0 Å². The van der Waals surface area contributed by atoms with Crippen LogP contribution in [-0.4, -0.2) is 22.4 Å². The van der Waals surface area contributed by atoms with Crippen LogP contribution in [-0.2, 0) is 11.2 Å². The number of hydrogen-bond donors (Lipinski definition) is 2. The van der Waals surface area contributed by atoms with E-state index in [2.05, 4.69) is 22.2 Å². The van der Waals surface area contributed by atoms with E-state index in [1.54, 1.807) is 0 Å². The van der Waals surface area contributed by atoms with Crippen molar-refractivity contribution in [2.45, 2.75) is 58.3 Å². The predicted octanol–water partition coefficient (Wildman–Crippen LogP) is 4.22. The van der Waals surface area contributed by atoms with E-state index in [1.165, 1.54) is 32.1 Å². The fourth-order valence-electron chi connectivity index (χ4n) is 3.78. The molecule has 0 saturated heterocycles. The number of imidazole rings is 1. The minimum absolute atomic E-state index is 0.221. The lowest BCUT2D eigenvalue weighted by Crippen LogP contribution is -2.34. The Labute approximate surface area is 144 Å². The highest BCUT2D eigenvalue weighted by molar-refractivity contribution is 5.78. The number of fused-ring (bicyclic) bond motifs is 1. The maximum absolute atomic E-state index is 12.3. The smallest absolute Gasteiger partial charge is 0.223 e. The second-order valence-corrected chi connectivity index (χ2v) is 7.10. The number of carbonyl (C=O) groups excluding carboxylic acids is 1. The Hall–Kier alpha value is -1.84. The number of carbonyl (C=O) groups is 1. The number of hydrogen-bond acceptors (Lipinski definition) is 2. The standard InChI is InChI=1S/C20H29N3O/c1-2-3-6-15-9-11-16(12-10-15)20(24)21-14-13-19-22-17-7-4-5-8-18(17)23-19/h4-5,7-8,15-16H,2-3,6,9-14H2,1H3,(H,21,24)(H,22,23). The number of nitrogens with one attached hydrogen (secondary N) is 2. The van der Waals surface area contributed by atoms with Crippen LogP contribution in [0.5, 0.6) is 0 Å². The largest absolute Gasteiger partial charge is 0.355 e. The highest BCUT2D eigenvalue weighted by Gasteiger charge is 2.25. The molecule has 2 N–H and O–H groups in total. The number of amides is 1. The minimum Gasteiger partial charge on any atom is -0.355 e. The monoisotopic (exact) mass is 327 g/mol. The summed E-state index contributed by atoms with van der Waals surface area (Å²) in [5, 5.41) is 3.10. The molecule has 0 unspecified atom stereocenters. The lowest BCUT2D eigenvalue weighted by atomic mass is 9.79. The third-order valence-corrected chi connectivity index (χ3v) is 5.28. The van der Waals surface area contributed by atoms with Gasteiger partial charge in [-0.25, -0.2) is 4.98 Å². The quantitative estimate of drug-likeness (QED) is 0.800. The van der Waals surface area contributed by atoms with Gasteiger partial charge in [0.15, 0.2) is 0 Å². The molecule has 1 saturated carbocycles. The summed E-state index contributed by atoms with van der Waals surface area (Å²) in [5.41, 5.74) is 2.05. The molecule has 130 valence electrons. The zero-order valence-corrected chi connectivity index (χ0v) is 14.7. The topological polar surface area (TPSA) is 57.8 Å². The number of H-pyrrole nitrogens is 1. The molecule has 1 fully saturated rings. The number of para-hydroxylation sites is 2. The molecule has 4 heteroatoms. The van der Waals surface area contributed by atoms with Crippen molar-refractivity contribution < 1.29 is 4.79 Å². The third kappa shape index (κ3) is 4.37. The molecule has 1 amide bonds. The Morgan fingerprint density at radius 2 is 2.04 bits per heavy atom. The van der Waals surface area contributed by atoms with Crippen LogP contribution in [0, 0.1) is 11.8 Å². The van der Waals surface area contributed by atoms with E-state index in [4.69, 9.17) is 0 Å². The van der Waals surface area contributed by atoms with Crippen LogP contribution >= 0.6 is 0 Å². The summed E-state index contributed by atoms with van der Waals surface area (Å²) < 4.78 is 0. The summed E-state index contributed by atoms with van der Waals surface area (Å²) in [6, 6.07) is 8.03. The van der Waals surface area contributed by atoms with E-state index in [0.717, 1.165) is 42.0 Å². The maximum Gasteiger partial charge on any atom is 0.223 e. The van der Waals surface area contributed by atoms with Gasteiger partial charge in [-0.1, -0.05) is 38.3 Å². The van der Waals surface area contributed by atoms with Crippen LogP contribution < -0.4 is 5.32 Å². The summed E-state index contributed by atoms with van der Waals surface area (Å²) >= 11 is 0. The Morgan fingerprint density at radius 1 is 1.25 bits per heavy atom. The average molecular weight is 327 g/mol. The van der Waals surface area contributed by atoms with Gasteiger partial charge in [0.25, 0.3) is 0 Å². The molecule has 1 aliphatic rings. The van der Waals surface area contributed by atoms with E-state index in [1.807, 2.05) is 24.3 Å². The summed E-state index contributed by atoms with van der Waals surface area (Å²) in [7, 11) is 0. The summed E-state index contributed by atoms with van der Waals surface area (Å²) in [6.45, 7) is 2.91. The van der Waals surface area contributed by atoms with Crippen LogP contribution in [0.4, 0.5) is 0 Å². The van der Waals surface area contributed by atoms with Gasteiger partial charge in [0, 0.05) is 18.9 Å². The second kappa shape index (κ2) is 8.32. The normalized spacial score (nSPS) is 21.0. The van der Waals surface area contributed by atoms with Gasteiger partial charge >= 0.3 is 0 Å². The Balaban J connectivity index is 1.40. The van der Waals surface area contributed by atoms with Gasteiger partial charge in [0.2, 0.25) is 5.91 Å². The first kappa shape index (κ1) is 17.0. The highest BCUT2D eigenvalue weighted by atomic mass is 16.1. The lowest BCUT2D eigenvalue weighted by molar-refractivity contribution is -0.126. The molecule has 3 rings (SSSR count). The van der Waals surface area contributed by atoms with Gasteiger partial charge in [0.1, 0.15) is 5.82 Å². The number of unbranched alkanes of at least 4 members (excludes halogenated alkanes) is 1. The number of aromatic nitrogens is 2. The summed E-state index contributed by atoms with van der Waals surface area (Å²) in [4.78, 5) is 20.2. The molecule has 0 atom stereocenters. The van der Waals surface area contributed by atoms with Crippen molar-refractivity contribution in [2.24, 2.45) is 11.8 Å². The van der Waals surface area contributed by atoms with Gasteiger partial charge in [-0.15, -0.1) is 0 Å². The lowest BCUT2D eigenvalue weighted by Gasteiger charge is -2.27. The summed E-state index contributed by atoms with van der Waals surface area (Å²) in [6.07, 6.45) is 9.28. The highest BCUT2D eigenvalue weighted by Crippen LogP contribution is 2.31. The molecule has 0 radical (unpaired) electrons. The van der Waals surface area contributed by atoms with Crippen molar-refractivity contribution >= 4 is 16.9 Å². The van der Waals surface area contributed by atoms with Crippen molar-refractivity contribution in [1.82, 2.24) is 15.3 Å². The van der Waals surface area contributed by atoms with Crippen LogP contribution in [0.3, 0.4) is 0 Å². The van der Waals surface area contributed by atoms with Crippen LogP contribution in [0.2, 0.25) is 0 Å². The Morgan fingerprint density at radius 3 is 2.79 bits per heavy atom. The fraction of sp³-hybridized carbons (Fsp3) is 0.600. The van der Waals surface area contributed by atoms with Gasteiger partial charge in [-0.05, 0) is 43.7 Å². The Kier molecular flexibility index (Phi) is 5.89. The van der Waals surface area contributed by atoms with E-state index in [-0.39, 0.29) is 11.8 Å². The van der Waals surface area contributed by atoms with Crippen molar-refractivity contribution in [3.05, 3.63) is 30.1 Å². The molecule has 0 spiro atoms. The number of aromatic amines is 1. The molecule has 1 aliphatic carbocycles. The summed E-state index contributed by atoms with van der Waals surface area (Å²) in [5.74, 6) is 2.25. The molecule has 1 aromatic carbocycles. The first-order valence-corrected chi connectivity index (χ1v) is 9.47. The predicted molar refractivity (Wildman–Crippen MR) is 97.8 cm³/mol. The molecule has 4 nitrogen and oxygen atoms in total. The zero-order chi connectivity index (χ0) is 16.8. The van der Waals surface area contributed by atoms with Gasteiger partial charge < -0.3 is 10.3 Å². The van der Waals surface area contributed by atoms with Crippen LogP contribution in [0.1, 0.15) is 57.7 Å². The van der Waals surface area contributed by atoms with Gasteiger partial charge in [-0.3, -0.25) is 4.79 Å². The molecule has 1 heterocycles. The number of benzene rings is 1. The van der Waals surface area contributed by atoms with Crippen LogP contribution in [0.25, 0.3) is 11.0 Å². The Bertz CT molecular complexity index is 623. The average Bonchev–Trinajstić information content (AvgIpc) is 3.03. The third-order valence-electron chi connectivity index (χ3n) is 5.28. The van der Waals surface area contributed by atoms with Crippen molar-refractivity contribution in [3.63, 3.8) is 0 Å². The minimum atomic E-state index is 0.221. The SMILES string of the molecule is CCCCC1CCC(C(=O)NCCc2nc3ccccc3[nH]2)CC1. The molecular weight excluding hydrogens is 298 g/mol. The van der Waals surface area contributed by atoms with Crippen molar-refractivity contribution in [1.29, 1.82) is 0 Å². The van der Waals surface area contributed by atoms with E-state index in [9.17, 15) is 4.79 Å². The molecule has 0 aliphatic heterocycles. The first-order valence-electron chi connectivity index (χ1n) is 9.47. The number of rotatable bonds is 7. The molecular formula is C20H29N3O. The second-order valence-electron chi connectivity index (χ2n) is 7.10. The maximum atomic E-state index is 12.3. The fourth-order valence-corrected chi connectivity index (χ4v) is 3.78. The van der Waals surface area contributed by atoms with Crippen LogP contribution in [0.15, 0.2) is 24.3 Å². The molecule has 2 aromatic rings. The van der Waals surface area contributed by atoms with E-state index in [0.29, 0.717) is 6.54 Å². The van der Waals surface area contributed by atoms with E-state index < -0.39 is 0 Å². The van der Waals surface area contributed by atoms with Crippen molar-refractivity contribution in [2.75, 3.05) is 6.54 Å². The molecule has 0 bridgehead atoms.